The van der Waals surface area contributed by atoms with Crippen LogP contribution in [0, 0.1) is 18.5 Å². The van der Waals surface area contributed by atoms with Crippen LogP contribution in [0.3, 0.4) is 0 Å². The van der Waals surface area contributed by atoms with Crippen molar-refractivity contribution in [2.75, 3.05) is 0 Å². The summed E-state index contributed by atoms with van der Waals surface area (Å²) in [4.78, 5) is 4.90. The third-order valence-corrected chi connectivity index (χ3v) is 17.6. The summed E-state index contributed by atoms with van der Waals surface area (Å²) in [5, 5.41) is 2.21. The molecule has 14 aromatic rings. The second-order valence-corrected chi connectivity index (χ2v) is 23.0. The van der Waals surface area contributed by atoms with Crippen LogP contribution in [-0.4, -0.2) is 14.1 Å². The normalized spacial score (nSPS) is 13.0. The molecule has 5 nitrogen and oxygen atoms in total. The van der Waals surface area contributed by atoms with Crippen molar-refractivity contribution in [1.82, 2.24) is 14.1 Å². The van der Waals surface area contributed by atoms with Crippen molar-refractivity contribution in [3.05, 3.63) is 295 Å². The molecular formula is C77H50N4OPt-2. The minimum absolute atomic E-state index is 0. The van der Waals surface area contributed by atoms with Crippen LogP contribution in [0.2, 0.25) is 0 Å². The predicted octanol–water partition coefficient (Wildman–Crippen LogP) is 18.2. The Hall–Kier alpha value is -9.67. The molecule has 4 heterocycles. The molecule has 396 valence electrons. The first kappa shape index (κ1) is 49.2. The number of hydrogen-bond acceptors (Lipinski definition) is 2. The van der Waals surface area contributed by atoms with Crippen LogP contribution >= 0.6 is 0 Å². The number of hydrogen-bond donors (Lipinski definition) is 0. The van der Waals surface area contributed by atoms with Crippen molar-refractivity contribution in [1.29, 1.82) is 0 Å². The van der Waals surface area contributed by atoms with Crippen LogP contribution in [0.25, 0.3) is 117 Å². The topological polar surface area (TPSA) is 35.9 Å². The SMILES string of the molecule is CC(C)(C)c1ccnc(-n2c3[c-]c(Oc4[c-]c(-n5[c-][n+]6c7c(cccc75)-c5ccccc5-c5ccc(-c7ccc8c(c7)-c7ccccc7C87c8ccccc8-c8ccccc87)cc5-c5ccccc5-6)ccc4)ccc3c3ccccc32)c1.[Pt]. The van der Waals surface area contributed by atoms with Crippen LogP contribution < -0.4 is 9.30 Å². The zero-order valence-corrected chi connectivity index (χ0v) is 48.0. The second-order valence-electron chi connectivity index (χ2n) is 23.0. The summed E-state index contributed by atoms with van der Waals surface area (Å²) in [7, 11) is 0. The van der Waals surface area contributed by atoms with E-state index >= 15 is 0 Å². The molecule has 0 saturated heterocycles. The minimum Gasteiger partial charge on any atom is -0.510 e. The van der Waals surface area contributed by atoms with Crippen LogP contribution in [0.5, 0.6) is 11.5 Å². The van der Waals surface area contributed by atoms with Crippen molar-refractivity contribution < 1.29 is 30.4 Å². The Labute approximate surface area is 496 Å². The summed E-state index contributed by atoms with van der Waals surface area (Å²) >= 11 is 0. The molecule has 3 aliphatic rings. The fourth-order valence-corrected chi connectivity index (χ4v) is 14.0. The standard InChI is InChI=1S/C77H50N4O.Pt/c1-76(2,3)50-40-41-78-74(44-50)81-71-32-15-10-25-60(71)62-38-36-53(46-73(62)81)82-52-19-16-18-51(45-52)79-47-80-70-31-14-9-26-61(70)64-42-48(34-37-56(64)54-20-4-5-21-55(54)63-27-17-33-72(79)75(63)80)49-35-39-69-65(43-49)59-24-8-13-30-68(59)77(69)66-28-11-6-22-57(66)58-23-7-12-29-67(58)77;/h4-44H,1-3H3;/q-2;. The first-order valence-corrected chi connectivity index (χ1v) is 28.2. The van der Waals surface area contributed by atoms with Gasteiger partial charge in [-0.2, -0.15) is 18.2 Å². The van der Waals surface area contributed by atoms with E-state index in [-0.39, 0.29) is 26.5 Å². The zero-order chi connectivity index (χ0) is 54.4. The van der Waals surface area contributed by atoms with E-state index in [1.54, 1.807) is 0 Å². The fourth-order valence-electron chi connectivity index (χ4n) is 14.0. The van der Waals surface area contributed by atoms with Crippen molar-refractivity contribution in [3.8, 4) is 95.5 Å². The van der Waals surface area contributed by atoms with Gasteiger partial charge in [0.15, 0.2) is 0 Å². The van der Waals surface area contributed by atoms with Crippen molar-refractivity contribution in [2.45, 2.75) is 31.6 Å². The van der Waals surface area contributed by atoms with Gasteiger partial charge < -0.3 is 13.9 Å². The van der Waals surface area contributed by atoms with Gasteiger partial charge in [0.1, 0.15) is 5.82 Å². The van der Waals surface area contributed by atoms with E-state index in [4.69, 9.17) is 9.72 Å². The molecule has 0 fully saturated rings. The summed E-state index contributed by atoms with van der Waals surface area (Å²) in [5.41, 5.74) is 26.4. The summed E-state index contributed by atoms with van der Waals surface area (Å²) in [5.74, 6) is 2.00. The second kappa shape index (κ2) is 18.4. The van der Waals surface area contributed by atoms with E-state index in [2.05, 4.69) is 277 Å². The number of ether oxygens (including phenoxy) is 1. The molecule has 0 bridgehead atoms. The Morgan fingerprint density at radius 1 is 0.446 bits per heavy atom. The quantitative estimate of drug-likeness (QED) is 0.127. The maximum Gasteiger partial charge on any atom is 0.268 e. The zero-order valence-electron chi connectivity index (χ0n) is 45.7. The minimum atomic E-state index is -0.393. The molecule has 1 aliphatic heterocycles. The number of imidazole rings is 1. The van der Waals surface area contributed by atoms with Gasteiger partial charge in [0.05, 0.1) is 22.1 Å². The van der Waals surface area contributed by atoms with E-state index in [0.29, 0.717) is 11.5 Å². The summed E-state index contributed by atoms with van der Waals surface area (Å²) in [6, 6.07) is 95.9. The van der Waals surface area contributed by atoms with Gasteiger partial charge in [-0.3, -0.25) is 4.57 Å². The molecule has 1 spiro atoms. The van der Waals surface area contributed by atoms with Crippen LogP contribution in [0.1, 0.15) is 48.6 Å². The Bertz CT molecular complexity index is 4990. The van der Waals surface area contributed by atoms with E-state index in [9.17, 15) is 0 Å². The Kier molecular flexibility index (Phi) is 10.9. The molecular weight excluding hydrogens is 1190 g/mol. The molecule has 0 radical (unpaired) electrons. The predicted molar refractivity (Wildman–Crippen MR) is 330 cm³/mol. The monoisotopic (exact) mass is 1240 g/mol. The van der Waals surface area contributed by atoms with E-state index in [1.165, 1.54) is 66.8 Å². The molecule has 0 unspecified atom stereocenters. The third kappa shape index (κ3) is 7.17. The summed E-state index contributed by atoms with van der Waals surface area (Å²) in [6.45, 7) is 6.69. The Morgan fingerprint density at radius 2 is 1.01 bits per heavy atom. The molecule has 83 heavy (non-hydrogen) atoms. The summed E-state index contributed by atoms with van der Waals surface area (Å²) in [6.07, 6.45) is 5.79. The number of fused-ring (bicyclic) bond motifs is 20. The third-order valence-electron chi connectivity index (χ3n) is 17.6. The molecule has 0 atom stereocenters. The Balaban J connectivity index is 0.00000565. The summed E-state index contributed by atoms with van der Waals surface area (Å²) < 4.78 is 13.3. The number of para-hydroxylation sites is 3. The van der Waals surface area contributed by atoms with E-state index in [1.807, 2.05) is 24.4 Å². The number of pyridine rings is 1. The van der Waals surface area contributed by atoms with Crippen LogP contribution in [0.15, 0.2) is 249 Å². The largest absolute Gasteiger partial charge is 0.510 e. The fraction of sp³-hybridized carbons (Fsp3) is 0.0649. The molecule has 11 aromatic carbocycles. The maximum absolute atomic E-state index is 6.76. The molecule has 0 amide bonds. The van der Waals surface area contributed by atoms with E-state index < -0.39 is 5.41 Å². The van der Waals surface area contributed by atoms with Gasteiger partial charge in [0.2, 0.25) is 0 Å². The molecule has 3 aromatic heterocycles. The van der Waals surface area contributed by atoms with Gasteiger partial charge in [0.25, 0.3) is 6.33 Å². The van der Waals surface area contributed by atoms with Crippen LogP contribution in [0.4, 0.5) is 0 Å². The molecule has 0 N–H and O–H groups in total. The van der Waals surface area contributed by atoms with E-state index in [0.717, 1.165) is 77.8 Å². The molecule has 17 rings (SSSR count). The molecule has 6 heteroatoms. The molecule has 2 aliphatic carbocycles. The average molecular weight is 1240 g/mol. The van der Waals surface area contributed by atoms with Crippen LogP contribution in [-0.2, 0) is 31.9 Å². The number of rotatable bonds is 5. The smallest absolute Gasteiger partial charge is 0.268 e. The Morgan fingerprint density at radius 3 is 1.76 bits per heavy atom. The van der Waals surface area contributed by atoms with Gasteiger partial charge in [-0.25, -0.2) is 4.98 Å². The van der Waals surface area contributed by atoms with Gasteiger partial charge in [0, 0.05) is 44.3 Å². The number of benzene rings is 11. The number of aromatic nitrogens is 4. The molecule has 0 saturated carbocycles. The first-order chi connectivity index (χ1) is 40.3. The van der Waals surface area contributed by atoms with Crippen molar-refractivity contribution in [2.24, 2.45) is 0 Å². The van der Waals surface area contributed by atoms with Gasteiger partial charge >= 0.3 is 0 Å². The van der Waals surface area contributed by atoms with Gasteiger partial charge in [-0.1, -0.05) is 202 Å². The van der Waals surface area contributed by atoms with Gasteiger partial charge in [-0.15, -0.1) is 29.7 Å². The van der Waals surface area contributed by atoms with Crippen molar-refractivity contribution >= 4 is 32.8 Å². The first-order valence-electron chi connectivity index (χ1n) is 28.2. The van der Waals surface area contributed by atoms with Gasteiger partial charge in [-0.05, 0) is 147 Å². The average Bonchev–Trinajstić information content (AvgIpc) is 1.65. The maximum atomic E-state index is 6.76. The van der Waals surface area contributed by atoms with Crippen molar-refractivity contribution in [3.63, 3.8) is 0 Å². The number of nitrogens with zero attached hydrogens (tertiary/aromatic N) is 4.